The molecule has 4 heavy (non-hydrogen) atoms. The van der Waals surface area contributed by atoms with E-state index >= 15 is 0 Å². The fraction of sp³-hybridized carbons (Fsp3) is 0. The molecule has 4 heteroatoms. The molecule has 0 atom stereocenters. The largest absolute Gasteiger partial charge is 0 e. The van der Waals surface area contributed by atoms with Gasteiger partial charge in [0, 0.05) is 83.1 Å². The summed E-state index contributed by atoms with van der Waals surface area (Å²) in [6.07, 6.45) is 0. The summed E-state index contributed by atoms with van der Waals surface area (Å²) in [7, 11) is 0. The first kappa shape index (κ1) is 29.9. The second kappa shape index (κ2) is 17.3. The van der Waals surface area contributed by atoms with Crippen LogP contribution < -0.4 is 0 Å². The first-order valence-electron chi connectivity index (χ1n) is 0. The first-order chi connectivity index (χ1) is 0. The molecule has 0 aliphatic rings. The van der Waals surface area contributed by atoms with E-state index in [9.17, 15) is 0 Å². The van der Waals surface area contributed by atoms with Crippen LogP contribution in [0.25, 0.3) is 0 Å². The number of hydrogen-bond acceptors (Lipinski definition) is 0. The summed E-state index contributed by atoms with van der Waals surface area (Å²) in [5, 5.41) is 0. The minimum Gasteiger partial charge on any atom is 0 e. The Balaban J connectivity index is 0. The smallest absolute Gasteiger partial charge is 0 e. The van der Waals surface area contributed by atoms with Crippen molar-refractivity contribution in [3.63, 3.8) is 0 Å². The topological polar surface area (TPSA) is 0 Å². The average molecular weight is 627 g/mol. The monoisotopic (exact) mass is 627 g/mol. The Labute approximate surface area is 81.8 Å². The van der Waals surface area contributed by atoms with Crippen molar-refractivity contribution in [3.05, 3.63) is 0 Å². The van der Waals surface area contributed by atoms with Gasteiger partial charge in [-0.25, -0.2) is 0 Å². The van der Waals surface area contributed by atoms with Gasteiger partial charge < -0.3 is 0 Å². The number of rotatable bonds is 0. The molecule has 0 N–H and O–H groups in total. The fourth-order valence-corrected chi connectivity index (χ4v) is 0. The molecular weight excluding hydrogens is 627 g/mol. The van der Waals surface area contributed by atoms with Crippen LogP contribution in [0.3, 0.4) is 0 Å². The Bertz CT molecular complexity index is 8.00. The van der Waals surface area contributed by atoms with Crippen molar-refractivity contribution in [1.82, 2.24) is 0 Å². The van der Waals surface area contributed by atoms with E-state index in [0.29, 0.717) is 0 Å². The summed E-state index contributed by atoms with van der Waals surface area (Å²) in [6.45, 7) is 0. The van der Waals surface area contributed by atoms with E-state index in [4.69, 9.17) is 0 Å². The zero-order valence-electron chi connectivity index (χ0n) is 1.47. The summed E-state index contributed by atoms with van der Waals surface area (Å²) < 4.78 is 0. The second-order valence-corrected chi connectivity index (χ2v) is 0. The second-order valence-electron chi connectivity index (χ2n) is 0. The zero-order chi connectivity index (χ0) is 0. The third-order valence-corrected chi connectivity index (χ3v) is 0. The SMILES string of the molecule is [Au].[Pt].[V].[W]. The Morgan fingerprint density at radius 2 is 1.00 bits per heavy atom. The van der Waals surface area contributed by atoms with Gasteiger partial charge in [0.25, 0.3) is 0 Å². The Hall–Kier alpha value is 2.70. The van der Waals surface area contributed by atoms with E-state index in [1.165, 1.54) is 0 Å². The summed E-state index contributed by atoms with van der Waals surface area (Å²) in [4.78, 5) is 0. The molecule has 2 radical (unpaired) electrons. The van der Waals surface area contributed by atoms with Crippen LogP contribution in [0.15, 0.2) is 0 Å². The quantitative estimate of drug-likeness (QED) is 0.332. The summed E-state index contributed by atoms with van der Waals surface area (Å²) in [5.74, 6) is 0. The summed E-state index contributed by atoms with van der Waals surface area (Å²) in [5.41, 5.74) is 0. The molecule has 0 amide bonds. The van der Waals surface area contributed by atoms with E-state index in [1.54, 1.807) is 0 Å². The maximum absolute atomic E-state index is 0. The van der Waals surface area contributed by atoms with E-state index in [1.807, 2.05) is 0 Å². The predicted octanol–water partition coefficient (Wildman–Crippen LogP) is -0.0100. The molecule has 0 nitrogen and oxygen atoms in total. The van der Waals surface area contributed by atoms with Crippen LogP contribution in [0.1, 0.15) is 0 Å². The van der Waals surface area contributed by atoms with Gasteiger partial charge in [0.15, 0.2) is 0 Å². The van der Waals surface area contributed by atoms with Crippen molar-refractivity contribution in [2.24, 2.45) is 0 Å². The molecule has 0 saturated carbocycles. The first-order valence-corrected chi connectivity index (χ1v) is 0. The average Bonchev–Trinajstić information content (AvgIpc) is 0. The van der Waals surface area contributed by atoms with Crippen LogP contribution in [-0.4, -0.2) is 0 Å². The van der Waals surface area contributed by atoms with Crippen LogP contribution in [0, 0.1) is 0 Å². The van der Waals surface area contributed by atoms with E-state index in [0.717, 1.165) is 0 Å². The molecule has 0 aromatic heterocycles. The van der Waals surface area contributed by atoms with Gasteiger partial charge in [0.1, 0.15) is 0 Å². The van der Waals surface area contributed by atoms with Crippen molar-refractivity contribution in [3.8, 4) is 0 Å². The molecule has 0 heterocycles. The molecule has 0 saturated heterocycles. The van der Waals surface area contributed by atoms with Gasteiger partial charge in [-0.15, -0.1) is 0 Å². The predicted molar refractivity (Wildman–Crippen MR) is 0 cm³/mol. The van der Waals surface area contributed by atoms with E-state index < -0.39 is 0 Å². The van der Waals surface area contributed by atoms with Gasteiger partial charge in [-0.3, -0.25) is 0 Å². The molecule has 0 aromatic carbocycles. The normalized spacial score (nSPS) is 0. The molecule has 0 unspecified atom stereocenters. The molecule has 0 aromatic rings. The molecule has 0 rings (SSSR count). The van der Waals surface area contributed by atoms with E-state index in [2.05, 4.69) is 0 Å². The van der Waals surface area contributed by atoms with Gasteiger partial charge in [0.05, 0.1) is 0 Å². The molecule has 0 spiro atoms. The van der Waals surface area contributed by atoms with Crippen LogP contribution in [0.4, 0.5) is 0 Å². The minimum absolute atomic E-state index is 0. The summed E-state index contributed by atoms with van der Waals surface area (Å²) in [6, 6.07) is 0. The van der Waals surface area contributed by atoms with E-state index in [-0.39, 0.29) is 83.1 Å². The van der Waals surface area contributed by atoms with Crippen LogP contribution in [0.5, 0.6) is 0 Å². The van der Waals surface area contributed by atoms with Gasteiger partial charge >= 0.3 is 0 Å². The molecule has 0 aliphatic carbocycles. The third-order valence-electron chi connectivity index (χ3n) is 0. The maximum atomic E-state index is 0. The van der Waals surface area contributed by atoms with Crippen molar-refractivity contribution < 1.29 is 83.1 Å². The van der Waals surface area contributed by atoms with Crippen molar-refractivity contribution in [1.29, 1.82) is 0 Å². The molecular formula is AuPtVW. The standard InChI is InChI=1S/Au.Pt.V.W. The van der Waals surface area contributed by atoms with Gasteiger partial charge in [0.2, 0.25) is 0 Å². The molecule has 0 bridgehead atoms. The molecule has 0 aliphatic heterocycles. The van der Waals surface area contributed by atoms with Crippen molar-refractivity contribution >= 4 is 0 Å². The van der Waals surface area contributed by atoms with Gasteiger partial charge in [-0.1, -0.05) is 0 Å². The molecule has 32 valence electrons. The maximum Gasteiger partial charge on any atom is 0 e. The van der Waals surface area contributed by atoms with Crippen LogP contribution >= 0.6 is 0 Å². The van der Waals surface area contributed by atoms with Crippen molar-refractivity contribution in [2.75, 3.05) is 0 Å². The number of hydrogen-bond donors (Lipinski definition) is 0. The van der Waals surface area contributed by atoms with Crippen LogP contribution in [-0.2, 0) is 83.1 Å². The summed E-state index contributed by atoms with van der Waals surface area (Å²) >= 11 is 0. The minimum atomic E-state index is 0. The Kier molecular flexibility index (Phi) is 129. The van der Waals surface area contributed by atoms with Crippen LogP contribution in [0.2, 0.25) is 0 Å². The van der Waals surface area contributed by atoms with Gasteiger partial charge in [-0.05, 0) is 0 Å². The van der Waals surface area contributed by atoms with Crippen molar-refractivity contribution in [2.45, 2.75) is 0 Å². The third kappa shape index (κ3) is 8.83. The Morgan fingerprint density at radius 3 is 1.00 bits per heavy atom. The Morgan fingerprint density at radius 1 is 1.00 bits per heavy atom. The fourth-order valence-electron chi connectivity index (χ4n) is 0. The van der Waals surface area contributed by atoms with Gasteiger partial charge in [-0.2, -0.15) is 0 Å². The zero-order valence-corrected chi connectivity index (χ0v) is 10.2. The molecule has 0 fully saturated rings.